The molecule has 1 aromatic carbocycles. The summed E-state index contributed by atoms with van der Waals surface area (Å²) in [5.74, 6) is -0.578. The summed E-state index contributed by atoms with van der Waals surface area (Å²) < 4.78 is 47.0. The molecular formula is C21H16F3N5O3. The van der Waals surface area contributed by atoms with Gasteiger partial charge in [0.15, 0.2) is 17.2 Å². The molecule has 3 heterocycles. The van der Waals surface area contributed by atoms with E-state index in [0.29, 0.717) is 4.52 Å². The first-order valence-electron chi connectivity index (χ1n) is 9.30. The molecule has 0 atom stereocenters. The number of amides is 1. The number of H-pyrrole nitrogens is 1. The molecule has 0 spiro atoms. The number of aryl methyl sites for hydroxylation is 1. The van der Waals surface area contributed by atoms with Crippen molar-refractivity contribution in [2.24, 2.45) is 0 Å². The summed E-state index contributed by atoms with van der Waals surface area (Å²) in [6.45, 7) is 1.38. The fourth-order valence-corrected chi connectivity index (χ4v) is 3.34. The first kappa shape index (κ1) is 21.1. The molecule has 164 valence electrons. The van der Waals surface area contributed by atoms with E-state index in [9.17, 15) is 22.8 Å². The molecule has 0 saturated carbocycles. The molecule has 32 heavy (non-hydrogen) atoms. The zero-order valence-electron chi connectivity index (χ0n) is 16.8. The van der Waals surface area contributed by atoms with E-state index in [-0.39, 0.29) is 34.0 Å². The lowest BCUT2D eigenvalue weighted by atomic mass is 10.1. The molecule has 4 rings (SSSR count). The number of alkyl halides is 3. The van der Waals surface area contributed by atoms with Gasteiger partial charge in [-0.2, -0.15) is 17.7 Å². The summed E-state index contributed by atoms with van der Waals surface area (Å²) in [5.41, 5.74) is -2.88. The standard InChI is InChI=1S/C21H16F3N5O3/c1-11-14(19(30)27-17-13(32-2)9-6-10-25-17)20(31)29-18(26-11)15(12-7-4-3-5-8-12)16(28-29)21(22,23)24/h3-10,28H,1-2H3,(H,25,27,30). The van der Waals surface area contributed by atoms with Crippen molar-refractivity contribution < 1.29 is 22.7 Å². The van der Waals surface area contributed by atoms with Gasteiger partial charge in [-0.3, -0.25) is 14.7 Å². The molecule has 0 radical (unpaired) electrons. The van der Waals surface area contributed by atoms with Crippen molar-refractivity contribution in [1.82, 2.24) is 19.6 Å². The number of aromatic amines is 1. The Kier molecular flexibility index (Phi) is 5.17. The highest BCUT2D eigenvalue weighted by Gasteiger charge is 2.38. The highest BCUT2D eigenvalue weighted by atomic mass is 19.4. The van der Waals surface area contributed by atoms with Crippen LogP contribution in [0.2, 0.25) is 0 Å². The van der Waals surface area contributed by atoms with E-state index >= 15 is 0 Å². The Morgan fingerprint density at radius 1 is 1.16 bits per heavy atom. The molecule has 2 N–H and O–H groups in total. The summed E-state index contributed by atoms with van der Waals surface area (Å²) in [6.07, 6.45) is -3.38. The summed E-state index contributed by atoms with van der Waals surface area (Å²) in [6, 6.07) is 10.9. The van der Waals surface area contributed by atoms with Gasteiger partial charge in [0.1, 0.15) is 11.3 Å². The van der Waals surface area contributed by atoms with Crippen molar-refractivity contribution >= 4 is 17.4 Å². The van der Waals surface area contributed by atoms with E-state index in [2.05, 4.69) is 20.4 Å². The van der Waals surface area contributed by atoms with Crippen LogP contribution in [0.3, 0.4) is 0 Å². The van der Waals surface area contributed by atoms with E-state index in [0.717, 1.165) is 0 Å². The number of methoxy groups -OCH3 is 1. The molecule has 11 heteroatoms. The summed E-state index contributed by atoms with van der Waals surface area (Å²) in [5, 5.41) is 4.52. The van der Waals surface area contributed by atoms with Crippen molar-refractivity contribution in [3.8, 4) is 16.9 Å². The minimum atomic E-state index is -4.79. The highest BCUT2D eigenvalue weighted by Crippen LogP contribution is 2.38. The molecule has 3 aromatic heterocycles. The molecular weight excluding hydrogens is 427 g/mol. The Bertz CT molecular complexity index is 1380. The monoisotopic (exact) mass is 443 g/mol. The third-order valence-electron chi connectivity index (χ3n) is 4.76. The predicted octanol–water partition coefficient (Wildman–Crippen LogP) is 3.67. The van der Waals surface area contributed by atoms with Crippen LogP contribution in [-0.4, -0.2) is 32.6 Å². The molecule has 0 aliphatic heterocycles. The van der Waals surface area contributed by atoms with Crippen LogP contribution in [0.25, 0.3) is 16.8 Å². The van der Waals surface area contributed by atoms with Crippen LogP contribution < -0.4 is 15.6 Å². The van der Waals surface area contributed by atoms with Gasteiger partial charge in [-0.25, -0.2) is 9.97 Å². The third kappa shape index (κ3) is 3.57. The Morgan fingerprint density at radius 3 is 2.53 bits per heavy atom. The number of benzene rings is 1. The Hall–Kier alpha value is -4.15. The topological polar surface area (TPSA) is 101 Å². The second-order valence-electron chi connectivity index (χ2n) is 6.77. The van der Waals surface area contributed by atoms with Crippen molar-refractivity contribution in [1.29, 1.82) is 0 Å². The number of anilines is 1. The zero-order chi connectivity index (χ0) is 23.0. The lowest BCUT2D eigenvalue weighted by molar-refractivity contribution is -0.140. The van der Waals surface area contributed by atoms with Gasteiger partial charge >= 0.3 is 6.18 Å². The van der Waals surface area contributed by atoms with Crippen LogP contribution >= 0.6 is 0 Å². The van der Waals surface area contributed by atoms with Gasteiger partial charge in [0.05, 0.1) is 18.4 Å². The Morgan fingerprint density at radius 2 is 1.88 bits per heavy atom. The number of halogens is 3. The summed E-state index contributed by atoms with van der Waals surface area (Å²) in [7, 11) is 1.38. The van der Waals surface area contributed by atoms with Crippen LogP contribution in [0.1, 0.15) is 21.7 Å². The number of hydrogen-bond donors (Lipinski definition) is 2. The van der Waals surface area contributed by atoms with E-state index in [1.807, 2.05) is 0 Å². The lowest BCUT2D eigenvalue weighted by Gasteiger charge is -2.10. The maximum atomic E-state index is 13.8. The largest absolute Gasteiger partial charge is 0.493 e. The van der Waals surface area contributed by atoms with Gasteiger partial charge in [0, 0.05) is 6.20 Å². The summed E-state index contributed by atoms with van der Waals surface area (Å²) in [4.78, 5) is 34.1. The van der Waals surface area contributed by atoms with Crippen molar-refractivity contribution in [3.05, 3.63) is 76.0 Å². The second-order valence-corrected chi connectivity index (χ2v) is 6.77. The third-order valence-corrected chi connectivity index (χ3v) is 4.76. The molecule has 8 nitrogen and oxygen atoms in total. The average molecular weight is 443 g/mol. The number of hydrogen-bond acceptors (Lipinski definition) is 5. The maximum Gasteiger partial charge on any atom is 0.433 e. The smallest absolute Gasteiger partial charge is 0.433 e. The fraction of sp³-hybridized carbons (Fsp3) is 0.143. The lowest BCUT2D eigenvalue weighted by Crippen LogP contribution is -2.29. The molecule has 0 aliphatic rings. The summed E-state index contributed by atoms with van der Waals surface area (Å²) >= 11 is 0. The zero-order valence-corrected chi connectivity index (χ0v) is 16.8. The number of aromatic nitrogens is 4. The molecule has 0 unspecified atom stereocenters. The number of nitrogens with zero attached hydrogens (tertiary/aromatic N) is 3. The Labute approximate surface area is 178 Å². The van der Waals surface area contributed by atoms with Crippen molar-refractivity contribution in [2.75, 3.05) is 12.4 Å². The Balaban J connectivity index is 1.91. The minimum absolute atomic E-state index is 0.0349. The first-order valence-corrected chi connectivity index (χ1v) is 9.30. The quantitative estimate of drug-likeness (QED) is 0.501. The molecule has 1 amide bonds. The highest BCUT2D eigenvalue weighted by molar-refractivity contribution is 6.05. The van der Waals surface area contributed by atoms with E-state index < -0.39 is 28.9 Å². The number of fused-ring (bicyclic) bond motifs is 1. The van der Waals surface area contributed by atoms with E-state index in [4.69, 9.17) is 4.74 Å². The van der Waals surface area contributed by atoms with Gasteiger partial charge < -0.3 is 10.1 Å². The number of ether oxygens (including phenoxy) is 1. The number of rotatable bonds is 4. The van der Waals surface area contributed by atoms with E-state index in [1.54, 1.807) is 30.3 Å². The number of nitrogens with one attached hydrogen (secondary N) is 2. The van der Waals surface area contributed by atoms with Gasteiger partial charge in [0.2, 0.25) is 0 Å². The van der Waals surface area contributed by atoms with Crippen molar-refractivity contribution in [3.63, 3.8) is 0 Å². The van der Waals surface area contributed by atoms with Gasteiger partial charge in [-0.15, -0.1) is 0 Å². The minimum Gasteiger partial charge on any atom is -0.493 e. The van der Waals surface area contributed by atoms with Crippen LogP contribution in [-0.2, 0) is 6.18 Å². The van der Waals surface area contributed by atoms with Gasteiger partial charge in [0.25, 0.3) is 11.5 Å². The number of carbonyl (C=O) groups excluding carboxylic acids is 1. The maximum absolute atomic E-state index is 13.8. The normalized spacial score (nSPS) is 11.5. The van der Waals surface area contributed by atoms with Gasteiger partial charge in [-0.05, 0) is 24.6 Å². The average Bonchev–Trinajstić information content (AvgIpc) is 3.15. The van der Waals surface area contributed by atoms with Crippen LogP contribution in [0.5, 0.6) is 5.75 Å². The van der Waals surface area contributed by atoms with Crippen molar-refractivity contribution in [2.45, 2.75) is 13.1 Å². The molecule has 0 bridgehead atoms. The van der Waals surface area contributed by atoms with Crippen LogP contribution in [0.4, 0.5) is 19.0 Å². The SMILES string of the molecule is COc1cccnc1NC(=O)c1c(C)nc2c(-c3ccccc3)c(C(F)(F)F)[nH]n2c1=O. The molecule has 0 fully saturated rings. The fourth-order valence-electron chi connectivity index (χ4n) is 3.34. The van der Waals surface area contributed by atoms with Crippen LogP contribution in [0.15, 0.2) is 53.5 Å². The molecule has 0 aliphatic carbocycles. The van der Waals surface area contributed by atoms with E-state index in [1.165, 1.54) is 32.4 Å². The number of carbonyl (C=O) groups is 1. The van der Waals surface area contributed by atoms with Gasteiger partial charge in [-0.1, -0.05) is 30.3 Å². The number of pyridine rings is 1. The molecule has 4 aromatic rings. The molecule has 0 saturated heterocycles. The predicted molar refractivity (Wildman–Crippen MR) is 110 cm³/mol. The second kappa shape index (κ2) is 7.84. The first-order chi connectivity index (χ1) is 15.2. The van der Waals surface area contributed by atoms with Crippen LogP contribution in [0, 0.1) is 6.92 Å².